The molecular formula is C17H23NO3S. The normalized spacial score (nSPS) is 27.3. The summed E-state index contributed by atoms with van der Waals surface area (Å²) in [5, 5.41) is 0. The molecule has 2 aliphatic rings. The summed E-state index contributed by atoms with van der Waals surface area (Å²) >= 11 is 0. The number of carbonyl (C=O) groups excluding carboxylic acids is 1. The van der Waals surface area contributed by atoms with E-state index in [1.165, 1.54) is 5.56 Å². The summed E-state index contributed by atoms with van der Waals surface area (Å²) in [6.45, 7) is 5.75. The van der Waals surface area contributed by atoms with E-state index in [9.17, 15) is 9.00 Å². The lowest BCUT2D eigenvalue weighted by atomic mass is 9.95. The lowest BCUT2D eigenvalue weighted by Gasteiger charge is -2.38. The van der Waals surface area contributed by atoms with Crippen molar-refractivity contribution in [1.29, 1.82) is 0 Å². The number of fused-ring (bicyclic) bond motifs is 1. The van der Waals surface area contributed by atoms with Crippen LogP contribution in [0.3, 0.4) is 0 Å². The molecule has 0 bridgehead atoms. The highest BCUT2D eigenvalue weighted by Gasteiger charge is 2.36. The van der Waals surface area contributed by atoms with Gasteiger partial charge >= 0.3 is 0 Å². The predicted octanol–water partition coefficient (Wildman–Crippen LogP) is 2.06. The van der Waals surface area contributed by atoms with Crippen LogP contribution in [-0.2, 0) is 26.8 Å². The monoisotopic (exact) mass is 321 g/mol. The average Bonchev–Trinajstić information content (AvgIpc) is 2.50. The molecule has 1 aromatic carbocycles. The van der Waals surface area contributed by atoms with Crippen LogP contribution in [0.2, 0.25) is 0 Å². The van der Waals surface area contributed by atoms with E-state index < -0.39 is 10.8 Å². The molecule has 0 aromatic heterocycles. The molecule has 2 atom stereocenters. The van der Waals surface area contributed by atoms with E-state index >= 15 is 0 Å². The average molecular weight is 321 g/mol. The van der Waals surface area contributed by atoms with Gasteiger partial charge < -0.3 is 9.64 Å². The number of benzene rings is 1. The third kappa shape index (κ3) is 3.10. The maximum absolute atomic E-state index is 12.6. The highest BCUT2D eigenvalue weighted by Crippen LogP contribution is 2.30. The number of nitrogens with zero attached hydrogens (tertiary/aromatic N) is 1. The molecule has 4 nitrogen and oxygen atoms in total. The zero-order valence-electron chi connectivity index (χ0n) is 13.2. The molecule has 1 amide bonds. The summed E-state index contributed by atoms with van der Waals surface area (Å²) < 4.78 is 17.5. The molecule has 2 heterocycles. The van der Waals surface area contributed by atoms with Crippen LogP contribution in [0.5, 0.6) is 0 Å². The molecular weight excluding hydrogens is 298 g/mol. The van der Waals surface area contributed by atoms with Gasteiger partial charge in [-0.1, -0.05) is 24.3 Å². The van der Waals surface area contributed by atoms with Crippen LogP contribution in [0.25, 0.3) is 0 Å². The molecule has 3 rings (SSSR count). The lowest BCUT2D eigenvalue weighted by Crippen LogP contribution is -2.52. The molecule has 0 N–H and O–H groups in total. The zero-order chi connectivity index (χ0) is 15.7. The number of hydrogen-bond donors (Lipinski definition) is 0. The topological polar surface area (TPSA) is 46.6 Å². The second-order valence-corrected chi connectivity index (χ2v) is 8.84. The molecule has 1 aromatic rings. The molecule has 0 radical (unpaired) electrons. The van der Waals surface area contributed by atoms with E-state index in [-0.39, 0.29) is 16.8 Å². The Morgan fingerprint density at radius 1 is 1.41 bits per heavy atom. The van der Waals surface area contributed by atoms with Crippen LogP contribution >= 0.6 is 0 Å². The van der Waals surface area contributed by atoms with Crippen LogP contribution in [0.4, 0.5) is 0 Å². The van der Waals surface area contributed by atoms with Crippen LogP contribution < -0.4 is 0 Å². The van der Waals surface area contributed by atoms with Crippen LogP contribution in [0, 0.1) is 0 Å². The third-order valence-electron chi connectivity index (χ3n) is 4.54. The van der Waals surface area contributed by atoms with Crippen molar-refractivity contribution in [3.05, 3.63) is 35.4 Å². The van der Waals surface area contributed by atoms with Gasteiger partial charge in [0.1, 0.15) is 0 Å². The Morgan fingerprint density at radius 3 is 2.95 bits per heavy atom. The lowest BCUT2D eigenvalue weighted by molar-refractivity contribution is -0.135. The van der Waals surface area contributed by atoms with Gasteiger partial charge in [0.05, 0.1) is 23.9 Å². The summed E-state index contributed by atoms with van der Waals surface area (Å²) in [5.41, 5.74) is 2.42. The number of amides is 1. The SMILES string of the molecule is CC1(C)CN(C(=O)CC2OCCc3ccccc32)CCS1=O. The molecule has 2 aliphatic heterocycles. The maximum Gasteiger partial charge on any atom is 0.225 e. The quantitative estimate of drug-likeness (QED) is 0.838. The van der Waals surface area contributed by atoms with Crippen LogP contribution in [0.15, 0.2) is 24.3 Å². The van der Waals surface area contributed by atoms with E-state index in [1.54, 1.807) is 0 Å². The first-order valence-corrected chi connectivity index (χ1v) is 9.15. The molecule has 0 saturated carbocycles. The summed E-state index contributed by atoms with van der Waals surface area (Å²) in [7, 11) is -0.856. The van der Waals surface area contributed by atoms with E-state index in [0.717, 1.165) is 12.0 Å². The highest BCUT2D eigenvalue weighted by atomic mass is 32.2. The summed E-state index contributed by atoms with van der Waals surface area (Å²) in [6, 6.07) is 8.20. The van der Waals surface area contributed by atoms with Crippen LogP contribution in [0.1, 0.15) is 37.5 Å². The maximum atomic E-state index is 12.6. The molecule has 5 heteroatoms. The highest BCUT2D eigenvalue weighted by molar-refractivity contribution is 7.86. The Hall–Kier alpha value is -1.20. The van der Waals surface area contributed by atoms with E-state index in [0.29, 0.717) is 31.9 Å². The molecule has 0 aliphatic carbocycles. The van der Waals surface area contributed by atoms with Gasteiger partial charge in [-0.2, -0.15) is 0 Å². The van der Waals surface area contributed by atoms with Crippen molar-refractivity contribution in [3.63, 3.8) is 0 Å². The Labute approximate surface area is 134 Å². The van der Waals surface area contributed by atoms with Crippen molar-refractivity contribution in [2.24, 2.45) is 0 Å². The fraction of sp³-hybridized carbons (Fsp3) is 0.588. The third-order valence-corrected chi connectivity index (χ3v) is 6.45. The Balaban J connectivity index is 1.69. The Bertz CT molecular complexity index is 599. The van der Waals surface area contributed by atoms with Crippen molar-refractivity contribution in [2.45, 2.75) is 37.5 Å². The number of rotatable bonds is 2. The molecule has 1 saturated heterocycles. The van der Waals surface area contributed by atoms with E-state index in [4.69, 9.17) is 4.74 Å². The number of hydrogen-bond acceptors (Lipinski definition) is 3. The standard InChI is InChI=1S/C17H23NO3S/c1-17(2)12-18(8-10-22(17)20)16(19)11-15-14-6-4-3-5-13(14)7-9-21-15/h3-6,15H,7-12H2,1-2H3. The van der Waals surface area contributed by atoms with Gasteiger partial charge in [-0.15, -0.1) is 0 Å². The van der Waals surface area contributed by atoms with Gasteiger partial charge in [-0.05, 0) is 31.4 Å². The minimum atomic E-state index is -0.856. The van der Waals surface area contributed by atoms with Gasteiger partial charge in [0.15, 0.2) is 0 Å². The first-order valence-electron chi connectivity index (χ1n) is 7.83. The second-order valence-electron chi connectivity index (χ2n) is 6.64. The Kier molecular flexibility index (Phi) is 4.37. The van der Waals surface area contributed by atoms with Crippen molar-refractivity contribution < 1.29 is 13.7 Å². The molecule has 2 unspecified atom stereocenters. The fourth-order valence-electron chi connectivity index (χ4n) is 3.23. The molecule has 120 valence electrons. The minimum Gasteiger partial charge on any atom is -0.373 e. The van der Waals surface area contributed by atoms with Crippen molar-refractivity contribution in [2.75, 3.05) is 25.4 Å². The molecule has 1 fully saturated rings. The van der Waals surface area contributed by atoms with E-state index in [2.05, 4.69) is 12.1 Å². The second kappa shape index (κ2) is 6.13. The van der Waals surface area contributed by atoms with Crippen molar-refractivity contribution in [1.82, 2.24) is 4.90 Å². The van der Waals surface area contributed by atoms with Gasteiger partial charge in [0.25, 0.3) is 0 Å². The summed E-state index contributed by atoms with van der Waals surface area (Å²) in [6.07, 6.45) is 1.14. The summed E-state index contributed by atoms with van der Waals surface area (Å²) in [5.74, 6) is 0.674. The Morgan fingerprint density at radius 2 is 2.18 bits per heavy atom. The van der Waals surface area contributed by atoms with Crippen LogP contribution in [-0.4, -0.2) is 45.2 Å². The first-order chi connectivity index (χ1) is 10.5. The van der Waals surface area contributed by atoms with Crippen molar-refractivity contribution in [3.8, 4) is 0 Å². The number of ether oxygens (including phenoxy) is 1. The smallest absolute Gasteiger partial charge is 0.225 e. The van der Waals surface area contributed by atoms with Gasteiger partial charge in [-0.25, -0.2) is 0 Å². The predicted molar refractivity (Wildman–Crippen MR) is 87.1 cm³/mol. The number of carbonyl (C=O) groups is 1. The molecule has 22 heavy (non-hydrogen) atoms. The fourth-order valence-corrected chi connectivity index (χ4v) is 4.47. The first kappa shape index (κ1) is 15.7. The minimum absolute atomic E-state index is 0.103. The summed E-state index contributed by atoms with van der Waals surface area (Å²) in [4.78, 5) is 14.5. The van der Waals surface area contributed by atoms with E-state index in [1.807, 2.05) is 30.9 Å². The largest absolute Gasteiger partial charge is 0.373 e. The molecule has 0 spiro atoms. The van der Waals surface area contributed by atoms with Crippen molar-refractivity contribution >= 4 is 16.7 Å². The van der Waals surface area contributed by atoms with Gasteiger partial charge in [0.2, 0.25) is 5.91 Å². The van der Waals surface area contributed by atoms with Gasteiger partial charge in [0, 0.05) is 29.6 Å². The zero-order valence-corrected chi connectivity index (χ0v) is 14.0. The van der Waals surface area contributed by atoms with Gasteiger partial charge in [-0.3, -0.25) is 9.00 Å².